The van der Waals surface area contributed by atoms with Crippen LogP contribution in [0, 0.1) is 0 Å². The molecule has 0 fully saturated rings. The highest BCUT2D eigenvalue weighted by Crippen LogP contribution is 2.05. The monoisotopic (exact) mass is 226 g/mol. The van der Waals surface area contributed by atoms with Gasteiger partial charge in [-0.25, -0.2) is 0 Å². The third kappa shape index (κ3) is 3.89. The molecule has 0 saturated carbocycles. The molecular weight excluding hydrogens is 210 g/mol. The molecule has 0 bridgehead atoms. The van der Waals surface area contributed by atoms with Gasteiger partial charge in [0.15, 0.2) is 0 Å². The van der Waals surface area contributed by atoms with Crippen molar-refractivity contribution in [1.29, 1.82) is 0 Å². The van der Waals surface area contributed by atoms with Gasteiger partial charge in [0.2, 0.25) is 0 Å². The average Bonchev–Trinajstić information content (AvgIpc) is 2.39. The molecule has 0 aliphatic carbocycles. The standard InChI is InChI=1S/C14H16N3/c15-13(10-12-4-2-1-3-5-12)11-17-14-6-8-16-9-7-14/h1-9,13H,10-11,15H2/t13-/m0/s1. The quantitative estimate of drug-likeness (QED) is 0.846. The summed E-state index contributed by atoms with van der Waals surface area (Å²) in [6.07, 6.45) is 4.33. The first-order valence-electron chi connectivity index (χ1n) is 5.71. The Morgan fingerprint density at radius 2 is 1.76 bits per heavy atom. The average molecular weight is 226 g/mol. The molecule has 3 nitrogen and oxygen atoms in total. The van der Waals surface area contributed by atoms with Crippen molar-refractivity contribution in [2.24, 2.45) is 5.73 Å². The minimum atomic E-state index is 0.0607. The molecule has 1 heterocycles. The Hall–Kier alpha value is -1.87. The first-order chi connectivity index (χ1) is 8.34. The van der Waals surface area contributed by atoms with Crippen molar-refractivity contribution in [2.45, 2.75) is 12.5 Å². The molecule has 3 heteroatoms. The Kier molecular flexibility index (Phi) is 4.11. The van der Waals surface area contributed by atoms with Crippen LogP contribution in [0.4, 0.5) is 5.69 Å². The molecule has 1 aromatic heterocycles. The van der Waals surface area contributed by atoms with Crippen LogP contribution in [0.2, 0.25) is 0 Å². The van der Waals surface area contributed by atoms with Crippen molar-refractivity contribution in [3.8, 4) is 0 Å². The molecule has 0 unspecified atom stereocenters. The van der Waals surface area contributed by atoms with Crippen molar-refractivity contribution in [3.05, 3.63) is 60.4 Å². The van der Waals surface area contributed by atoms with Gasteiger partial charge in [0.25, 0.3) is 0 Å². The van der Waals surface area contributed by atoms with Crippen LogP contribution >= 0.6 is 0 Å². The van der Waals surface area contributed by atoms with Gasteiger partial charge >= 0.3 is 0 Å². The topological polar surface area (TPSA) is 53.0 Å². The lowest BCUT2D eigenvalue weighted by Crippen LogP contribution is -2.30. The first-order valence-corrected chi connectivity index (χ1v) is 5.71. The normalized spacial score (nSPS) is 12.1. The van der Waals surface area contributed by atoms with Crippen LogP contribution in [0.1, 0.15) is 5.56 Å². The molecule has 1 radical (unpaired) electrons. The predicted octanol–water partition coefficient (Wildman–Crippen LogP) is 1.89. The molecule has 0 saturated heterocycles. The zero-order valence-corrected chi connectivity index (χ0v) is 9.66. The maximum absolute atomic E-state index is 6.04. The number of hydrogen-bond donors (Lipinski definition) is 1. The van der Waals surface area contributed by atoms with Crippen molar-refractivity contribution < 1.29 is 0 Å². The summed E-state index contributed by atoms with van der Waals surface area (Å²) in [5, 5.41) is 4.44. The number of benzene rings is 1. The highest BCUT2D eigenvalue weighted by Gasteiger charge is 2.04. The summed E-state index contributed by atoms with van der Waals surface area (Å²) in [7, 11) is 0. The van der Waals surface area contributed by atoms with Crippen LogP contribution in [0.25, 0.3) is 0 Å². The zero-order valence-electron chi connectivity index (χ0n) is 9.66. The number of aromatic nitrogens is 1. The molecule has 2 N–H and O–H groups in total. The van der Waals surface area contributed by atoms with E-state index >= 15 is 0 Å². The van der Waals surface area contributed by atoms with Crippen LogP contribution in [0.15, 0.2) is 54.9 Å². The second-order valence-electron chi connectivity index (χ2n) is 4.00. The minimum absolute atomic E-state index is 0.0607. The van der Waals surface area contributed by atoms with Crippen LogP contribution < -0.4 is 11.1 Å². The second kappa shape index (κ2) is 6.01. The zero-order chi connectivity index (χ0) is 11.9. The molecule has 0 aliphatic heterocycles. The van der Waals surface area contributed by atoms with Gasteiger partial charge in [-0.1, -0.05) is 30.3 Å². The Balaban J connectivity index is 1.80. The van der Waals surface area contributed by atoms with E-state index in [-0.39, 0.29) is 6.04 Å². The Bertz CT molecular complexity index is 428. The predicted molar refractivity (Wildman–Crippen MR) is 69.0 cm³/mol. The van der Waals surface area contributed by atoms with Gasteiger partial charge in [-0.3, -0.25) is 10.3 Å². The van der Waals surface area contributed by atoms with E-state index in [0.29, 0.717) is 6.54 Å². The van der Waals surface area contributed by atoms with Crippen LogP contribution in [-0.4, -0.2) is 17.6 Å². The fourth-order valence-corrected chi connectivity index (χ4v) is 1.65. The van der Waals surface area contributed by atoms with E-state index in [9.17, 15) is 0 Å². The summed E-state index contributed by atoms with van der Waals surface area (Å²) in [6.45, 7) is 0.638. The smallest absolute Gasteiger partial charge is 0.0605 e. The highest BCUT2D eigenvalue weighted by molar-refractivity contribution is 5.32. The minimum Gasteiger partial charge on any atom is -0.326 e. The number of nitrogens with two attached hydrogens (primary N) is 1. The SMILES string of the molecule is N[C@H](C[N]c1ccncc1)Cc1ccccc1. The van der Waals surface area contributed by atoms with Crippen molar-refractivity contribution >= 4 is 5.69 Å². The first kappa shape index (κ1) is 11.6. The molecular formula is C14H16N3. The fourth-order valence-electron chi connectivity index (χ4n) is 1.65. The van der Waals surface area contributed by atoms with Gasteiger partial charge in [0.05, 0.1) is 12.2 Å². The summed E-state index contributed by atoms with van der Waals surface area (Å²) >= 11 is 0. The largest absolute Gasteiger partial charge is 0.326 e. The van der Waals surface area contributed by atoms with Gasteiger partial charge in [0.1, 0.15) is 0 Å². The van der Waals surface area contributed by atoms with Crippen molar-refractivity contribution in [2.75, 3.05) is 6.54 Å². The third-order valence-corrected chi connectivity index (χ3v) is 2.51. The molecule has 87 valence electrons. The molecule has 17 heavy (non-hydrogen) atoms. The van der Waals surface area contributed by atoms with E-state index in [0.717, 1.165) is 12.1 Å². The van der Waals surface area contributed by atoms with E-state index in [1.165, 1.54) is 5.56 Å². The maximum atomic E-state index is 6.04. The lowest BCUT2D eigenvalue weighted by atomic mass is 10.1. The van der Waals surface area contributed by atoms with E-state index in [2.05, 4.69) is 22.4 Å². The summed E-state index contributed by atoms with van der Waals surface area (Å²) in [6, 6.07) is 14.1. The van der Waals surface area contributed by atoms with E-state index < -0.39 is 0 Å². The van der Waals surface area contributed by atoms with Crippen LogP contribution in [-0.2, 0) is 6.42 Å². The molecule has 2 aromatic rings. The van der Waals surface area contributed by atoms with E-state index in [1.54, 1.807) is 12.4 Å². The van der Waals surface area contributed by atoms with E-state index in [4.69, 9.17) is 5.73 Å². The van der Waals surface area contributed by atoms with Crippen LogP contribution in [0.3, 0.4) is 0 Å². The summed E-state index contributed by atoms with van der Waals surface area (Å²) < 4.78 is 0. The second-order valence-corrected chi connectivity index (χ2v) is 4.00. The summed E-state index contributed by atoms with van der Waals surface area (Å²) in [5.74, 6) is 0. The van der Waals surface area contributed by atoms with Crippen LogP contribution in [0.5, 0.6) is 0 Å². The molecule has 0 aliphatic rings. The van der Waals surface area contributed by atoms with E-state index in [1.807, 2.05) is 30.3 Å². The number of nitrogens with zero attached hydrogens (tertiary/aromatic N) is 2. The fraction of sp³-hybridized carbons (Fsp3) is 0.214. The Labute approximate surface area is 102 Å². The van der Waals surface area contributed by atoms with Gasteiger partial charge in [-0.05, 0) is 24.1 Å². The number of pyridine rings is 1. The van der Waals surface area contributed by atoms with Crippen molar-refractivity contribution in [1.82, 2.24) is 10.3 Å². The molecule has 1 atom stereocenters. The van der Waals surface area contributed by atoms with Gasteiger partial charge in [0, 0.05) is 18.4 Å². The number of hydrogen-bond acceptors (Lipinski definition) is 2. The third-order valence-electron chi connectivity index (χ3n) is 2.51. The van der Waals surface area contributed by atoms with Gasteiger partial charge in [-0.2, -0.15) is 0 Å². The lowest BCUT2D eigenvalue weighted by molar-refractivity contribution is 0.629. The lowest BCUT2D eigenvalue weighted by Gasteiger charge is -2.11. The molecule has 0 spiro atoms. The summed E-state index contributed by atoms with van der Waals surface area (Å²) in [4.78, 5) is 3.95. The molecule has 2 rings (SSSR count). The van der Waals surface area contributed by atoms with Gasteiger partial charge < -0.3 is 5.73 Å². The Morgan fingerprint density at radius 3 is 2.47 bits per heavy atom. The Morgan fingerprint density at radius 1 is 1.06 bits per heavy atom. The van der Waals surface area contributed by atoms with Crippen molar-refractivity contribution in [3.63, 3.8) is 0 Å². The maximum Gasteiger partial charge on any atom is 0.0605 e. The highest BCUT2D eigenvalue weighted by atomic mass is 14.9. The molecule has 1 aromatic carbocycles. The van der Waals surface area contributed by atoms with Gasteiger partial charge in [-0.15, -0.1) is 0 Å². The number of rotatable bonds is 5. The molecule has 0 amide bonds. The summed E-state index contributed by atoms with van der Waals surface area (Å²) in [5.41, 5.74) is 8.23.